The van der Waals surface area contributed by atoms with Crippen LogP contribution >= 0.6 is 0 Å². The van der Waals surface area contributed by atoms with Crippen molar-refractivity contribution in [2.75, 3.05) is 13.1 Å². The number of carboxylic acids is 1. The van der Waals surface area contributed by atoms with Gasteiger partial charge in [-0.2, -0.15) is 0 Å². The Balaban J connectivity index is 2.18. The lowest BCUT2D eigenvalue weighted by Crippen LogP contribution is -2.42. The van der Waals surface area contributed by atoms with Crippen molar-refractivity contribution in [2.24, 2.45) is 5.92 Å². The Morgan fingerprint density at radius 3 is 2.71 bits per heavy atom. The summed E-state index contributed by atoms with van der Waals surface area (Å²) in [4.78, 5) is 35.2. The van der Waals surface area contributed by atoms with E-state index in [0.29, 0.717) is 30.5 Å². The Labute approximate surface area is 121 Å². The third kappa shape index (κ3) is 3.18. The Hall–Kier alpha value is -2.44. The van der Waals surface area contributed by atoms with Gasteiger partial charge in [0.15, 0.2) is 0 Å². The molecule has 7 heteroatoms. The van der Waals surface area contributed by atoms with Crippen LogP contribution in [0.3, 0.4) is 0 Å². The van der Waals surface area contributed by atoms with Gasteiger partial charge < -0.3 is 10.0 Å². The molecule has 21 heavy (non-hydrogen) atoms. The van der Waals surface area contributed by atoms with Crippen molar-refractivity contribution in [3.05, 3.63) is 39.4 Å². The maximum absolute atomic E-state index is 12.4. The van der Waals surface area contributed by atoms with E-state index in [2.05, 4.69) is 0 Å². The molecule has 1 aromatic rings. The van der Waals surface area contributed by atoms with Gasteiger partial charge in [0.1, 0.15) is 0 Å². The first-order valence-corrected chi connectivity index (χ1v) is 6.67. The smallest absolute Gasteiger partial charge is 0.308 e. The number of hydrogen-bond donors (Lipinski definition) is 1. The molecule has 1 N–H and O–H groups in total. The fourth-order valence-corrected chi connectivity index (χ4v) is 2.54. The molecule has 1 heterocycles. The minimum absolute atomic E-state index is 0.0337. The molecule has 1 atom stereocenters. The normalized spacial score (nSPS) is 18.3. The van der Waals surface area contributed by atoms with E-state index in [1.54, 1.807) is 6.92 Å². The highest BCUT2D eigenvalue weighted by Gasteiger charge is 2.29. The van der Waals surface area contributed by atoms with Crippen LogP contribution in [0, 0.1) is 23.0 Å². The second-order valence-corrected chi connectivity index (χ2v) is 5.19. The van der Waals surface area contributed by atoms with Crippen LogP contribution in [0.5, 0.6) is 0 Å². The van der Waals surface area contributed by atoms with Crippen molar-refractivity contribution in [3.8, 4) is 0 Å². The van der Waals surface area contributed by atoms with Gasteiger partial charge in [-0.05, 0) is 31.9 Å². The van der Waals surface area contributed by atoms with E-state index in [-0.39, 0.29) is 18.1 Å². The quantitative estimate of drug-likeness (QED) is 0.676. The summed E-state index contributed by atoms with van der Waals surface area (Å²) in [6.45, 7) is 2.27. The number of carbonyl (C=O) groups is 2. The van der Waals surface area contributed by atoms with Gasteiger partial charge in [0.25, 0.3) is 11.6 Å². The minimum atomic E-state index is -0.896. The first kappa shape index (κ1) is 15.0. The van der Waals surface area contributed by atoms with Crippen LogP contribution in [0.2, 0.25) is 0 Å². The van der Waals surface area contributed by atoms with Gasteiger partial charge in [-0.25, -0.2) is 0 Å². The summed E-state index contributed by atoms with van der Waals surface area (Å²) < 4.78 is 0. The Kier molecular flexibility index (Phi) is 4.21. The van der Waals surface area contributed by atoms with Gasteiger partial charge in [0.2, 0.25) is 0 Å². The van der Waals surface area contributed by atoms with E-state index >= 15 is 0 Å². The monoisotopic (exact) mass is 292 g/mol. The summed E-state index contributed by atoms with van der Waals surface area (Å²) >= 11 is 0. The average Bonchev–Trinajstić information content (AvgIpc) is 2.46. The Morgan fingerprint density at radius 1 is 1.43 bits per heavy atom. The molecule has 1 aliphatic rings. The highest BCUT2D eigenvalue weighted by molar-refractivity contribution is 5.95. The lowest BCUT2D eigenvalue weighted by atomic mass is 9.97. The zero-order valence-electron chi connectivity index (χ0n) is 11.6. The number of hydrogen-bond acceptors (Lipinski definition) is 4. The second-order valence-electron chi connectivity index (χ2n) is 5.19. The molecule has 1 fully saturated rings. The lowest BCUT2D eigenvalue weighted by molar-refractivity contribution is -0.385. The number of piperidine rings is 1. The predicted molar refractivity (Wildman–Crippen MR) is 74.1 cm³/mol. The third-order valence-corrected chi connectivity index (χ3v) is 3.70. The number of likely N-dealkylation sites (tertiary alicyclic amines) is 1. The molecule has 0 radical (unpaired) electrons. The van der Waals surface area contributed by atoms with Crippen LogP contribution < -0.4 is 0 Å². The SMILES string of the molecule is Cc1cc(C(=O)N2CCCC(C(=O)O)C2)ccc1[N+](=O)[O-]. The summed E-state index contributed by atoms with van der Waals surface area (Å²) in [6, 6.07) is 4.20. The third-order valence-electron chi connectivity index (χ3n) is 3.70. The molecule has 0 aromatic heterocycles. The highest BCUT2D eigenvalue weighted by atomic mass is 16.6. The molecular weight excluding hydrogens is 276 g/mol. The Bertz CT molecular complexity index is 599. The molecule has 1 saturated heterocycles. The molecule has 112 valence electrons. The Morgan fingerprint density at radius 2 is 2.14 bits per heavy atom. The number of nitrogens with zero attached hydrogens (tertiary/aromatic N) is 2. The molecule has 1 unspecified atom stereocenters. The van der Waals surface area contributed by atoms with Crippen LogP contribution in [0.1, 0.15) is 28.8 Å². The molecule has 0 spiro atoms. The zero-order chi connectivity index (χ0) is 15.6. The van der Waals surface area contributed by atoms with Gasteiger partial charge in [0, 0.05) is 30.3 Å². The first-order chi connectivity index (χ1) is 9.90. The maximum atomic E-state index is 12.4. The fraction of sp³-hybridized carbons (Fsp3) is 0.429. The minimum Gasteiger partial charge on any atom is -0.481 e. The number of benzene rings is 1. The van der Waals surface area contributed by atoms with Crippen LogP contribution in [0.25, 0.3) is 0 Å². The van der Waals surface area contributed by atoms with E-state index in [9.17, 15) is 19.7 Å². The summed E-state index contributed by atoms with van der Waals surface area (Å²) in [6.07, 6.45) is 1.22. The van der Waals surface area contributed by atoms with Crippen molar-refractivity contribution in [1.29, 1.82) is 0 Å². The summed E-state index contributed by atoms with van der Waals surface area (Å²) in [5, 5.41) is 19.8. The zero-order valence-corrected chi connectivity index (χ0v) is 11.6. The number of nitro benzene ring substituents is 1. The average molecular weight is 292 g/mol. The second kappa shape index (κ2) is 5.90. The standard InChI is InChI=1S/C14H16N2O5/c1-9-7-10(4-5-12(9)16(20)21)13(17)15-6-2-3-11(8-15)14(18)19/h4-5,7,11H,2-3,6,8H2,1H3,(H,18,19). The first-order valence-electron chi connectivity index (χ1n) is 6.67. The largest absolute Gasteiger partial charge is 0.481 e. The lowest BCUT2D eigenvalue weighted by Gasteiger charge is -2.30. The van der Waals surface area contributed by atoms with E-state index in [1.807, 2.05) is 0 Å². The van der Waals surface area contributed by atoms with Gasteiger partial charge in [-0.1, -0.05) is 0 Å². The molecule has 2 rings (SSSR count). The number of nitro groups is 1. The summed E-state index contributed by atoms with van der Waals surface area (Å²) in [5.41, 5.74) is 0.732. The van der Waals surface area contributed by atoms with Crippen LogP contribution in [0.4, 0.5) is 5.69 Å². The van der Waals surface area contributed by atoms with Gasteiger partial charge >= 0.3 is 5.97 Å². The summed E-state index contributed by atoms with van der Waals surface area (Å²) in [7, 11) is 0. The van der Waals surface area contributed by atoms with Crippen molar-refractivity contribution < 1.29 is 19.6 Å². The van der Waals surface area contributed by atoms with E-state index < -0.39 is 16.8 Å². The van der Waals surface area contributed by atoms with Crippen LogP contribution in [-0.4, -0.2) is 39.9 Å². The van der Waals surface area contributed by atoms with E-state index in [0.717, 1.165) is 0 Å². The van der Waals surface area contributed by atoms with E-state index in [1.165, 1.54) is 23.1 Å². The van der Waals surface area contributed by atoms with Crippen molar-refractivity contribution in [2.45, 2.75) is 19.8 Å². The fourth-order valence-electron chi connectivity index (χ4n) is 2.54. The number of amides is 1. The summed E-state index contributed by atoms with van der Waals surface area (Å²) in [5.74, 6) is -1.71. The molecule has 0 saturated carbocycles. The molecule has 1 aliphatic heterocycles. The van der Waals surface area contributed by atoms with Crippen LogP contribution in [-0.2, 0) is 4.79 Å². The molecule has 0 bridgehead atoms. The maximum Gasteiger partial charge on any atom is 0.308 e. The number of rotatable bonds is 3. The van der Waals surface area contributed by atoms with Crippen LogP contribution in [0.15, 0.2) is 18.2 Å². The van der Waals surface area contributed by atoms with Crippen molar-refractivity contribution in [3.63, 3.8) is 0 Å². The molecule has 0 aliphatic carbocycles. The van der Waals surface area contributed by atoms with Crippen molar-refractivity contribution >= 4 is 17.6 Å². The molecule has 7 nitrogen and oxygen atoms in total. The van der Waals surface area contributed by atoms with Gasteiger partial charge in [-0.3, -0.25) is 19.7 Å². The number of aryl methyl sites for hydroxylation is 1. The highest BCUT2D eigenvalue weighted by Crippen LogP contribution is 2.22. The number of aliphatic carboxylic acids is 1. The molecule has 1 aromatic carbocycles. The number of carbonyl (C=O) groups excluding carboxylic acids is 1. The topological polar surface area (TPSA) is 101 Å². The van der Waals surface area contributed by atoms with Gasteiger partial charge in [-0.15, -0.1) is 0 Å². The van der Waals surface area contributed by atoms with Gasteiger partial charge in [0.05, 0.1) is 10.8 Å². The molecular formula is C14H16N2O5. The predicted octanol–water partition coefficient (Wildman–Crippen LogP) is 1.84. The molecule has 1 amide bonds. The number of carboxylic acid groups (broad SMARTS) is 1. The van der Waals surface area contributed by atoms with Crippen molar-refractivity contribution in [1.82, 2.24) is 4.90 Å². The van der Waals surface area contributed by atoms with E-state index in [4.69, 9.17) is 5.11 Å².